The van der Waals surface area contributed by atoms with E-state index in [0.29, 0.717) is 26.1 Å². The maximum Gasteiger partial charge on any atom is 0.416 e. The van der Waals surface area contributed by atoms with E-state index in [1.807, 2.05) is 0 Å². The number of hydrogen-bond donors (Lipinski definition) is 2. The number of alkyl halides is 3. The standard InChI is InChI=1S/C15H20F3N3O/c16-15(17,18)12-3-1-11(2-4-12)9-21-8-6-13(10-21)20-14(22)5-7-19/h1-4,13H,5-10,19H2,(H,20,22). The van der Waals surface area contributed by atoms with Gasteiger partial charge in [-0.3, -0.25) is 9.69 Å². The van der Waals surface area contributed by atoms with Crippen molar-refractivity contribution in [2.24, 2.45) is 5.73 Å². The van der Waals surface area contributed by atoms with Gasteiger partial charge in [0, 0.05) is 38.6 Å². The highest BCUT2D eigenvalue weighted by Crippen LogP contribution is 2.29. The number of hydrogen-bond acceptors (Lipinski definition) is 3. The van der Waals surface area contributed by atoms with Crippen LogP contribution in [0.4, 0.5) is 13.2 Å². The van der Waals surface area contributed by atoms with Crippen molar-refractivity contribution in [2.45, 2.75) is 31.6 Å². The second-order valence-electron chi connectivity index (χ2n) is 5.52. The van der Waals surface area contributed by atoms with Crippen molar-refractivity contribution in [3.63, 3.8) is 0 Å². The molecule has 2 rings (SSSR count). The van der Waals surface area contributed by atoms with E-state index >= 15 is 0 Å². The minimum absolute atomic E-state index is 0.0520. The predicted octanol–water partition coefficient (Wildman–Crippen LogP) is 1.74. The van der Waals surface area contributed by atoms with Gasteiger partial charge in [0.15, 0.2) is 0 Å². The van der Waals surface area contributed by atoms with Crippen LogP contribution in [0.5, 0.6) is 0 Å². The van der Waals surface area contributed by atoms with Crippen molar-refractivity contribution >= 4 is 5.91 Å². The number of carbonyl (C=O) groups is 1. The molecule has 0 radical (unpaired) electrons. The van der Waals surface area contributed by atoms with Crippen LogP contribution in [0.1, 0.15) is 24.0 Å². The predicted molar refractivity (Wildman–Crippen MR) is 76.9 cm³/mol. The second-order valence-corrected chi connectivity index (χ2v) is 5.52. The van der Waals surface area contributed by atoms with Crippen LogP contribution in [0.15, 0.2) is 24.3 Å². The minimum Gasteiger partial charge on any atom is -0.352 e. The molecule has 4 nitrogen and oxygen atoms in total. The molecule has 122 valence electrons. The molecule has 1 aliphatic heterocycles. The third kappa shape index (κ3) is 4.71. The monoisotopic (exact) mass is 315 g/mol. The van der Waals surface area contributed by atoms with Crippen molar-refractivity contribution < 1.29 is 18.0 Å². The molecule has 0 saturated carbocycles. The first kappa shape index (κ1) is 16.8. The van der Waals surface area contributed by atoms with Crippen LogP contribution < -0.4 is 11.1 Å². The van der Waals surface area contributed by atoms with Gasteiger partial charge in [0.2, 0.25) is 5.91 Å². The van der Waals surface area contributed by atoms with Crippen LogP contribution in [-0.2, 0) is 17.5 Å². The quantitative estimate of drug-likeness (QED) is 0.870. The summed E-state index contributed by atoms with van der Waals surface area (Å²) in [5, 5.41) is 2.92. The third-order valence-electron chi connectivity index (χ3n) is 3.70. The summed E-state index contributed by atoms with van der Waals surface area (Å²) in [5.41, 5.74) is 5.53. The molecule has 7 heteroatoms. The molecule has 0 aliphatic carbocycles. The minimum atomic E-state index is -4.30. The summed E-state index contributed by atoms with van der Waals surface area (Å²) >= 11 is 0. The van der Waals surface area contributed by atoms with Gasteiger partial charge in [0.25, 0.3) is 0 Å². The van der Waals surface area contributed by atoms with Crippen LogP contribution in [0.25, 0.3) is 0 Å². The van der Waals surface area contributed by atoms with Crippen LogP contribution in [0, 0.1) is 0 Å². The molecular weight excluding hydrogens is 295 g/mol. The third-order valence-corrected chi connectivity index (χ3v) is 3.70. The lowest BCUT2D eigenvalue weighted by atomic mass is 10.1. The molecule has 1 aromatic carbocycles. The molecule has 3 N–H and O–H groups in total. The Kier molecular flexibility index (Phi) is 5.42. The first-order valence-electron chi connectivity index (χ1n) is 7.26. The van der Waals surface area contributed by atoms with Crippen LogP contribution in [0.3, 0.4) is 0 Å². The van der Waals surface area contributed by atoms with Crippen molar-refractivity contribution in [2.75, 3.05) is 19.6 Å². The molecule has 1 aromatic rings. The smallest absolute Gasteiger partial charge is 0.352 e. The van der Waals surface area contributed by atoms with E-state index in [4.69, 9.17) is 5.73 Å². The lowest BCUT2D eigenvalue weighted by molar-refractivity contribution is -0.137. The Balaban J connectivity index is 1.84. The topological polar surface area (TPSA) is 58.4 Å². The van der Waals surface area contributed by atoms with Crippen molar-refractivity contribution in [1.29, 1.82) is 0 Å². The van der Waals surface area contributed by atoms with Gasteiger partial charge in [0.1, 0.15) is 0 Å². The molecule has 1 fully saturated rings. The summed E-state index contributed by atoms with van der Waals surface area (Å²) in [4.78, 5) is 13.6. The summed E-state index contributed by atoms with van der Waals surface area (Å²) in [6.45, 7) is 2.43. The highest BCUT2D eigenvalue weighted by molar-refractivity contribution is 5.76. The van der Waals surface area contributed by atoms with E-state index in [2.05, 4.69) is 10.2 Å². The number of rotatable bonds is 5. The van der Waals surface area contributed by atoms with Gasteiger partial charge >= 0.3 is 6.18 Å². The fourth-order valence-corrected chi connectivity index (χ4v) is 2.58. The molecule has 0 spiro atoms. The number of nitrogens with zero attached hydrogens (tertiary/aromatic N) is 1. The largest absolute Gasteiger partial charge is 0.416 e. The number of halogens is 3. The van der Waals surface area contributed by atoms with Gasteiger partial charge in [-0.05, 0) is 24.1 Å². The molecule has 22 heavy (non-hydrogen) atoms. The summed E-state index contributed by atoms with van der Waals surface area (Å²) < 4.78 is 37.5. The van der Waals surface area contributed by atoms with E-state index < -0.39 is 11.7 Å². The zero-order valence-electron chi connectivity index (χ0n) is 12.2. The summed E-state index contributed by atoms with van der Waals surface area (Å²) in [5.74, 6) is -0.0520. The summed E-state index contributed by atoms with van der Waals surface area (Å²) in [6, 6.07) is 5.30. The van der Waals surface area contributed by atoms with Crippen molar-refractivity contribution in [3.05, 3.63) is 35.4 Å². The lowest BCUT2D eigenvalue weighted by Gasteiger charge is -2.17. The Bertz CT molecular complexity index is 502. The van der Waals surface area contributed by atoms with E-state index in [0.717, 1.165) is 30.7 Å². The van der Waals surface area contributed by atoms with Crippen LogP contribution >= 0.6 is 0 Å². The number of nitrogens with one attached hydrogen (secondary N) is 1. The maximum absolute atomic E-state index is 12.5. The summed E-state index contributed by atoms with van der Waals surface area (Å²) in [7, 11) is 0. The SMILES string of the molecule is NCCC(=O)NC1CCN(Cc2ccc(C(F)(F)F)cc2)C1. The maximum atomic E-state index is 12.5. The fraction of sp³-hybridized carbons (Fsp3) is 0.533. The van der Waals surface area contributed by atoms with E-state index in [1.54, 1.807) is 0 Å². The van der Waals surface area contributed by atoms with Gasteiger partial charge in [-0.2, -0.15) is 13.2 Å². The average Bonchev–Trinajstić information content (AvgIpc) is 2.85. The van der Waals surface area contributed by atoms with Crippen molar-refractivity contribution in [1.82, 2.24) is 10.2 Å². The number of amides is 1. The van der Waals surface area contributed by atoms with Gasteiger partial charge in [0.05, 0.1) is 5.56 Å². The highest BCUT2D eigenvalue weighted by Gasteiger charge is 2.30. The fourth-order valence-electron chi connectivity index (χ4n) is 2.58. The Morgan fingerprint density at radius 2 is 2.00 bits per heavy atom. The first-order chi connectivity index (χ1) is 10.4. The Labute approximate surface area is 127 Å². The van der Waals surface area contributed by atoms with Crippen molar-refractivity contribution in [3.8, 4) is 0 Å². The molecular formula is C15H20F3N3O. The van der Waals surface area contributed by atoms with E-state index in [1.165, 1.54) is 12.1 Å². The molecule has 0 bridgehead atoms. The number of carbonyl (C=O) groups excluding carboxylic acids is 1. The highest BCUT2D eigenvalue weighted by atomic mass is 19.4. The lowest BCUT2D eigenvalue weighted by Crippen LogP contribution is -2.37. The van der Waals surface area contributed by atoms with E-state index in [-0.39, 0.29) is 11.9 Å². The molecule has 1 heterocycles. The molecule has 1 amide bonds. The van der Waals surface area contributed by atoms with Crippen LogP contribution in [0.2, 0.25) is 0 Å². The van der Waals surface area contributed by atoms with Gasteiger partial charge in [-0.15, -0.1) is 0 Å². The first-order valence-corrected chi connectivity index (χ1v) is 7.26. The van der Waals surface area contributed by atoms with Gasteiger partial charge in [-0.1, -0.05) is 12.1 Å². The summed E-state index contributed by atoms with van der Waals surface area (Å²) in [6.07, 6.45) is -3.14. The second kappa shape index (κ2) is 7.11. The molecule has 1 unspecified atom stereocenters. The number of benzene rings is 1. The average molecular weight is 315 g/mol. The number of likely N-dealkylation sites (tertiary alicyclic amines) is 1. The van der Waals surface area contributed by atoms with Crippen LogP contribution in [-0.4, -0.2) is 36.5 Å². The Hall–Kier alpha value is -1.60. The number of nitrogens with two attached hydrogens (primary N) is 1. The Morgan fingerprint density at radius 3 is 2.59 bits per heavy atom. The van der Waals surface area contributed by atoms with Gasteiger partial charge < -0.3 is 11.1 Å². The van der Waals surface area contributed by atoms with Gasteiger partial charge in [-0.25, -0.2) is 0 Å². The molecule has 1 atom stereocenters. The molecule has 1 saturated heterocycles. The molecule has 1 aliphatic rings. The van der Waals surface area contributed by atoms with E-state index in [9.17, 15) is 18.0 Å². The Morgan fingerprint density at radius 1 is 1.32 bits per heavy atom. The zero-order chi connectivity index (χ0) is 16.2. The normalized spacial score (nSPS) is 19.4. The molecule has 0 aromatic heterocycles. The zero-order valence-corrected chi connectivity index (χ0v) is 12.2.